The Balaban J connectivity index is 2.02. The van der Waals surface area contributed by atoms with Crippen molar-refractivity contribution >= 4 is 5.69 Å². The van der Waals surface area contributed by atoms with Gasteiger partial charge in [0.25, 0.3) is 0 Å². The number of nitrogens with zero attached hydrogens (tertiary/aromatic N) is 1. The first-order valence-corrected chi connectivity index (χ1v) is 6.75. The number of aliphatic hydroxyl groups is 1. The van der Waals surface area contributed by atoms with E-state index in [-0.39, 0.29) is 5.56 Å². The Labute approximate surface area is 123 Å². The maximum absolute atomic E-state index is 13.5. The monoisotopic (exact) mass is 284 g/mol. The first-order chi connectivity index (χ1) is 10.0. The van der Waals surface area contributed by atoms with Crippen LogP contribution in [0.4, 0.5) is 10.1 Å². The van der Waals surface area contributed by atoms with Gasteiger partial charge in [-0.05, 0) is 31.0 Å². The summed E-state index contributed by atoms with van der Waals surface area (Å²) in [6, 6.07) is 15.7. The molecule has 3 nitrogen and oxygen atoms in total. The van der Waals surface area contributed by atoms with Crippen LogP contribution in [0.1, 0.15) is 24.5 Å². The smallest absolute Gasteiger partial charge is 0.143 e. The summed E-state index contributed by atoms with van der Waals surface area (Å²) in [5.41, 5.74) is 0.291. The summed E-state index contributed by atoms with van der Waals surface area (Å²) in [5, 5.41) is 22.4. The molecule has 2 N–H and O–H groups in total. The van der Waals surface area contributed by atoms with Gasteiger partial charge in [-0.2, -0.15) is 5.26 Å². The van der Waals surface area contributed by atoms with Crippen LogP contribution < -0.4 is 5.32 Å². The zero-order valence-electron chi connectivity index (χ0n) is 11.8. The molecule has 0 heterocycles. The minimum Gasteiger partial charge on any atom is -0.385 e. The highest BCUT2D eigenvalue weighted by Gasteiger charge is 2.22. The number of benzene rings is 2. The van der Waals surface area contributed by atoms with Crippen LogP contribution in [-0.2, 0) is 5.60 Å². The van der Waals surface area contributed by atoms with Gasteiger partial charge in [0, 0.05) is 6.54 Å². The topological polar surface area (TPSA) is 56.0 Å². The Hall–Kier alpha value is -2.38. The van der Waals surface area contributed by atoms with Gasteiger partial charge >= 0.3 is 0 Å². The largest absolute Gasteiger partial charge is 0.385 e. The number of hydrogen-bond donors (Lipinski definition) is 2. The second-order valence-corrected chi connectivity index (χ2v) is 5.09. The average molecular weight is 284 g/mol. The van der Waals surface area contributed by atoms with E-state index < -0.39 is 11.4 Å². The summed E-state index contributed by atoms with van der Waals surface area (Å²) in [6.45, 7) is 2.17. The van der Waals surface area contributed by atoms with E-state index in [0.29, 0.717) is 18.7 Å². The maximum atomic E-state index is 13.5. The Morgan fingerprint density at radius 2 is 1.90 bits per heavy atom. The number of halogens is 1. The van der Waals surface area contributed by atoms with Gasteiger partial charge in [-0.3, -0.25) is 0 Å². The van der Waals surface area contributed by atoms with Crippen LogP contribution in [0.15, 0.2) is 48.5 Å². The van der Waals surface area contributed by atoms with Crippen LogP contribution >= 0.6 is 0 Å². The SMILES string of the molecule is CC(O)(CCNc1cccc(F)c1C#N)c1ccccc1. The Bertz CT molecular complexity index is 648. The molecule has 4 heteroatoms. The van der Waals surface area contributed by atoms with Gasteiger partial charge in [0.2, 0.25) is 0 Å². The highest BCUT2D eigenvalue weighted by Crippen LogP contribution is 2.25. The molecule has 0 aliphatic rings. The van der Waals surface area contributed by atoms with Gasteiger partial charge in [-0.15, -0.1) is 0 Å². The highest BCUT2D eigenvalue weighted by atomic mass is 19.1. The Kier molecular flexibility index (Phi) is 4.56. The lowest BCUT2D eigenvalue weighted by molar-refractivity contribution is 0.0515. The van der Waals surface area contributed by atoms with Crippen molar-refractivity contribution in [3.8, 4) is 6.07 Å². The quantitative estimate of drug-likeness (QED) is 0.884. The summed E-state index contributed by atoms with van der Waals surface area (Å²) in [4.78, 5) is 0. The molecule has 0 saturated heterocycles. The zero-order valence-corrected chi connectivity index (χ0v) is 11.8. The van der Waals surface area contributed by atoms with E-state index in [0.717, 1.165) is 5.56 Å². The number of nitriles is 1. The molecule has 21 heavy (non-hydrogen) atoms. The predicted octanol–water partition coefficient (Wildman–Crippen LogP) is 3.41. The molecule has 2 aromatic carbocycles. The minimum atomic E-state index is -0.978. The van der Waals surface area contributed by atoms with Crippen LogP contribution in [0, 0.1) is 17.1 Å². The summed E-state index contributed by atoms with van der Waals surface area (Å²) in [6.07, 6.45) is 0.443. The Morgan fingerprint density at radius 3 is 2.57 bits per heavy atom. The van der Waals surface area contributed by atoms with Gasteiger partial charge in [-0.1, -0.05) is 36.4 Å². The summed E-state index contributed by atoms with van der Waals surface area (Å²) < 4.78 is 13.5. The van der Waals surface area contributed by atoms with Crippen molar-refractivity contribution in [1.29, 1.82) is 5.26 Å². The predicted molar refractivity (Wildman–Crippen MR) is 80.2 cm³/mol. The third kappa shape index (κ3) is 3.59. The fourth-order valence-corrected chi connectivity index (χ4v) is 2.17. The fraction of sp³-hybridized carbons (Fsp3) is 0.235. The number of anilines is 1. The number of nitrogens with one attached hydrogen (secondary N) is 1. The molecule has 0 spiro atoms. The van der Waals surface area contributed by atoms with Crippen molar-refractivity contribution < 1.29 is 9.50 Å². The number of hydrogen-bond acceptors (Lipinski definition) is 3. The van der Waals surface area contributed by atoms with Gasteiger partial charge in [0.1, 0.15) is 17.4 Å². The molecule has 0 radical (unpaired) electrons. The van der Waals surface area contributed by atoms with Crippen molar-refractivity contribution in [2.24, 2.45) is 0 Å². The van der Waals surface area contributed by atoms with Crippen molar-refractivity contribution in [2.45, 2.75) is 18.9 Å². The molecule has 0 aromatic heterocycles. The third-order valence-corrected chi connectivity index (χ3v) is 3.45. The van der Waals surface area contributed by atoms with Gasteiger partial charge in [0.15, 0.2) is 0 Å². The molecule has 0 saturated carbocycles. The molecule has 0 aliphatic carbocycles. The molecule has 1 unspecified atom stereocenters. The van der Waals surface area contributed by atoms with Crippen LogP contribution in [0.25, 0.3) is 0 Å². The normalized spacial score (nSPS) is 13.2. The van der Waals surface area contributed by atoms with Crippen molar-refractivity contribution in [3.05, 3.63) is 65.5 Å². The van der Waals surface area contributed by atoms with Crippen LogP contribution in [0.5, 0.6) is 0 Å². The fourth-order valence-electron chi connectivity index (χ4n) is 2.17. The Morgan fingerprint density at radius 1 is 1.19 bits per heavy atom. The summed E-state index contributed by atoms with van der Waals surface area (Å²) in [7, 11) is 0. The summed E-state index contributed by atoms with van der Waals surface area (Å²) in [5.74, 6) is -0.544. The minimum absolute atomic E-state index is 0.00291. The van der Waals surface area contributed by atoms with Gasteiger partial charge in [-0.25, -0.2) is 4.39 Å². The molecule has 0 aliphatic heterocycles. The van der Waals surface area contributed by atoms with Crippen LogP contribution in [-0.4, -0.2) is 11.7 Å². The molecular formula is C17H17FN2O. The van der Waals surface area contributed by atoms with E-state index >= 15 is 0 Å². The molecule has 108 valence electrons. The highest BCUT2D eigenvalue weighted by molar-refractivity contribution is 5.57. The average Bonchev–Trinajstić information content (AvgIpc) is 2.48. The number of rotatable bonds is 5. The van der Waals surface area contributed by atoms with E-state index in [9.17, 15) is 9.50 Å². The molecule has 0 amide bonds. The first-order valence-electron chi connectivity index (χ1n) is 6.75. The molecule has 0 fully saturated rings. The lowest BCUT2D eigenvalue weighted by atomic mass is 9.92. The van der Waals surface area contributed by atoms with Gasteiger partial charge < -0.3 is 10.4 Å². The molecule has 2 aromatic rings. The van der Waals surface area contributed by atoms with E-state index in [1.807, 2.05) is 36.4 Å². The third-order valence-electron chi connectivity index (χ3n) is 3.45. The van der Waals surface area contributed by atoms with Crippen molar-refractivity contribution in [3.63, 3.8) is 0 Å². The summed E-state index contributed by atoms with van der Waals surface area (Å²) >= 11 is 0. The molecule has 1 atom stereocenters. The molecule has 0 bridgehead atoms. The second kappa shape index (κ2) is 6.38. The van der Waals surface area contributed by atoms with Crippen molar-refractivity contribution in [2.75, 3.05) is 11.9 Å². The molecular weight excluding hydrogens is 267 g/mol. The van der Waals surface area contributed by atoms with Gasteiger partial charge in [0.05, 0.1) is 11.3 Å². The lowest BCUT2D eigenvalue weighted by Crippen LogP contribution is -2.24. The van der Waals surface area contributed by atoms with Crippen LogP contribution in [0.2, 0.25) is 0 Å². The maximum Gasteiger partial charge on any atom is 0.143 e. The van der Waals surface area contributed by atoms with E-state index in [1.54, 1.807) is 19.1 Å². The van der Waals surface area contributed by atoms with E-state index in [4.69, 9.17) is 5.26 Å². The first kappa shape index (κ1) is 15.0. The second-order valence-electron chi connectivity index (χ2n) is 5.09. The van der Waals surface area contributed by atoms with E-state index in [2.05, 4.69) is 5.32 Å². The zero-order chi connectivity index (χ0) is 15.3. The standard InChI is InChI=1S/C17H17FN2O/c1-17(21,13-6-3-2-4-7-13)10-11-20-16-9-5-8-15(18)14(16)12-19/h2-9,20-21H,10-11H2,1H3. The van der Waals surface area contributed by atoms with E-state index in [1.165, 1.54) is 6.07 Å². The van der Waals surface area contributed by atoms with Crippen LogP contribution in [0.3, 0.4) is 0 Å². The van der Waals surface area contributed by atoms with Crippen molar-refractivity contribution in [1.82, 2.24) is 0 Å². The molecule has 2 rings (SSSR count). The lowest BCUT2D eigenvalue weighted by Gasteiger charge is -2.24.